The van der Waals surface area contributed by atoms with Gasteiger partial charge >= 0.3 is 6.18 Å². The Labute approximate surface area is 122 Å². The van der Waals surface area contributed by atoms with E-state index in [0.29, 0.717) is 11.8 Å². The van der Waals surface area contributed by atoms with Crippen molar-refractivity contribution in [3.8, 4) is 0 Å². The summed E-state index contributed by atoms with van der Waals surface area (Å²) in [6.45, 7) is 2.86. The van der Waals surface area contributed by atoms with E-state index in [0.717, 1.165) is 30.7 Å². The first kappa shape index (κ1) is 15.8. The predicted molar refractivity (Wildman–Crippen MR) is 78.2 cm³/mol. The van der Waals surface area contributed by atoms with Crippen molar-refractivity contribution in [2.24, 2.45) is 0 Å². The molecule has 0 heterocycles. The number of fused-ring (bicyclic) bond motifs is 1. The zero-order chi connectivity index (χ0) is 15.7. The third-order valence-corrected chi connectivity index (χ3v) is 3.87. The summed E-state index contributed by atoms with van der Waals surface area (Å²) >= 11 is 0. The minimum atomic E-state index is -4.71. The molecule has 114 valence electrons. The Morgan fingerprint density at radius 1 is 1.05 bits per heavy atom. The van der Waals surface area contributed by atoms with E-state index in [9.17, 15) is 18.3 Å². The highest BCUT2D eigenvalue weighted by Crippen LogP contribution is 2.42. The van der Waals surface area contributed by atoms with Crippen LogP contribution in [0.5, 0.6) is 0 Å². The number of halogens is 3. The van der Waals surface area contributed by atoms with E-state index in [-0.39, 0.29) is 5.56 Å². The first-order valence-electron chi connectivity index (χ1n) is 7.09. The molecule has 0 amide bonds. The largest absolute Gasteiger partial charge is 0.421 e. The molecule has 2 aromatic carbocycles. The Morgan fingerprint density at radius 3 is 2.24 bits per heavy atom. The molecule has 0 radical (unpaired) electrons. The number of benzene rings is 2. The second-order valence-corrected chi connectivity index (χ2v) is 5.49. The van der Waals surface area contributed by atoms with Gasteiger partial charge in [0.1, 0.15) is 0 Å². The van der Waals surface area contributed by atoms with Crippen LogP contribution < -0.4 is 0 Å². The van der Waals surface area contributed by atoms with Crippen molar-refractivity contribution in [3.05, 3.63) is 47.5 Å². The lowest BCUT2D eigenvalue weighted by Crippen LogP contribution is -2.39. The van der Waals surface area contributed by atoms with E-state index in [4.69, 9.17) is 0 Å². The van der Waals surface area contributed by atoms with Crippen LogP contribution in [0.4, 0.5) is 13.2 Å². The van der Waals surface area contributed by atoms with Crippen molar-refractivity contribution in [1.29, 1.82) is 0 Å². The van der Waals surface area contributed by atoms with Crippen LogP contribution in [0.25, 0.3) is 10.8 Å². The van der Waals surface area contributed by atoms with Gasteiger partial charge in [-0.15, -0.1) is 0 Å². The first-order valence-corrected chi connectivity index (χ1v) is 7.09. The number of hydrogen-bond donors (Lipinski definition) is 1. The van der Waals surface area contributed by atoms with Gasteiger partial charge in [-0.1, -0.05) is 49.7 Å². The van der Waals surface area contributed by atoms with Crippen LogP contribution in [0.3, 0.4) is 0 Å². The normalized spacial score (nSPS) is 15.1. The Bertz CT molecular complexity index is 624. The fraction of sp³-hybridized carbons (Fsp3) is 0.412. The minimum Gasteiger partial charge on any atom is -0.376 e. The second-order valence-electron chi connectivity index (χ2n) is 5.49. The summed E-state index contributed by atoms with van der Waals surface area (Å²) in [5.74, 6) is 0. The lowest BCUT2D eigenvalue weighted by Gasteiger charge is -2.28. The van der Waals surface area contributed by atoms with Gasteiger partial charge in [0, 0.05) is 5.56 Å². The fourth-order valence-corrected chi connectivity index (χ4v) is 2.55. The topological polar surface area (TPSA) is 20.2 Å². The Kier molecular flexibility index (Phi) is 4.28. The molecular formula is C17H19F3O. The minimum absolute atomic E-state index is 0.0702. The molecule has 0 saturated heterocycles. The fourth-order valence-electron chi connectivity index (χ4n) is 2.55. The molecule has 0 saturated carbocycles. The number of alkyl halides is 3. The Hall–Kier alpha value is -1.55. The molecule has 0 aliphatic heterocycles. The second kappa shape index (κ2) is 5.68. The molecule has 2 rings (SSSR count). The Balaban J connectivity index is 2.69. The molecule has 1 unspecified atom stereocenters. The number of hydrogen-bond acceptors (Lipinski definition) is 1. The number of aryl methyl sites for hydroxylation is 1. The van der Waals surface area contributed by atoms with Crippen LogP contribution in [0.15, 0.2) is 36.4 Å². The monoisotopic (exact) mass is 296 g/mol. The highest BCUT2D eigenvalue weighted by Gasteiger charge is 2.51. The summed E-state index contributed by atoms with van der Waals surface area (Å²) in [4.78, 5) is 0. The van der Waals surface area contributed by atoms with Gasteiger partial charge in [0.15, 0.2) is 5.60 Å². The number of aliphatic hydroxyl groups is 1. The van der Waals surface area contributed by atoms with E-state index in [1.54, 1.807) is 18.2 Å². The SMILES string of the molecule is CCCCc1cccc2cccc(C(C)(O)C(F)(F)F)c12. The molecule has 1 atom stereocenters. The molecule has 0 spiro atoms. The van der Waals surface area contributed by atoms with Crippen molar-refractivity contribution in [1.82, 2.24) is 0 Å². The molecule has 0 aromatic heterocycles. The third-order valence-electron chi connectivity index (χ3n) is 3.87. The van der Waals surface area contributed by atoms with Crippen LogP contribution in [0.1, 0.15) is 37.8 Å². The van der Waals surface area contributed by atoms with Crippen LogP contribution >= 0.6 is 0 Å². The van der Waals surface area contributed by atoms with Gasteiger partial charge in [0.05, 0.1) is 0 Å². The predicted octanol–water partition coefficient (Wildman–Crippen LogP) is 4.95. The maximum atomic E-state index is 13.2. The summed E-state index contributed by atoms with van der Waals surface area (Å²) in [5, 5.41) is 11.3. The smallest absolute Gasteiger partial charge is 0.376 e. The maximum absolute atomic E-state index is 13.2. The lowest BCUT2D eigenvalue weighted by atomic mass is 9.87. The molecule has 2 aromatic rings. The van der Waals surface area contributed by atoms with Crippen LogP contribution in [-0.2, 0) is 12.0 Å². The summed E-state index contributed by atoms with van der Waals surface area (Å²) < 4.78 is 39.5. The number of rotatable bonds is 4. The molecule has 1 N–H and O–H groups in total. The summed E-state index contributed by atoms with van der Waals surface area (Å²) in [6.07, 6.45) is -2.13. The van der Waals surface area contributed by atoms with Crippen molar-refractivity contribution in [2.45, 2.75) is 44.9 Å². The quantitative estimate of drug-likeness (QED) is 0.846. The molecule has 1 nitrogen and oxygen atoms in total. The highest BCUT2D eigenvalue weighted by molar-refractivity contribution is 5.89. The van der Waals surface area contributed by atoms with Crippen molar-refractivity contribution in [3.63, 3.8) is 0 Å². The van der Waals surface area contributed by atoms with E-state index in [2.05, 4.69) is 0 Å². The van der Waals surface area contributed by atoms with Gasteiger partial charge in [0.25, 0.3) is 0 Å². The lowest BCUT2D eigenvalue weighted by molar-refractivity contribution is -0.258. The van der Waals surface area contributed by atoms with E-state index in [1.807, 2.05) is 19.1 Å². The average molecular weight is 296 g/mol. The zero-order valence-electron chi connectivity index (χ0n) is 12.2. The van der Waals surface area contributed by atoms with Gasteiger partial charge in [-0.05, 0) is 36.1 Å². The van der Waals surface area contributed by atoms with E-state index < -0.39 is 11.8 Å². The summed E-state index contributed by atoms with van der Waals surface area (Å²) in [7, 11) is 0. The molecule has 21 heavy (non-hydrogen) atoms. The van der Waals surface area contributed by atoms with E-state index in [1.165, 1.54) is 6.07 Å². The molecule has 0 aliphatic carbocycles. The van der Waals surface area contributed by atoms with Crippen molar-refractivity contribution in [2.75, 3.05) is 0 Å². The van der Waals surface area contributed by atoms with E-state index >= 15 is 0 Å². The van der Waals surface area contributed by atoms with Gasteiger partial charge in [-0.2, -0.15) is 13.2 Å². The molecule has 0 aliphatic rings. The standard InChI is InChI=1S/C17H19F3O/c1-3-4-7-12-8-5-9-13-10-6-11-14(15(12)13)16(2,21)17(18,19)20/h5-6,8-11,21H,3-4,7H2,1-2H3. The van der Waals surface area contributed by atoms with Crippen LogP contribution in [0.2, 0.25) is 0 Å². The van der Waals surface area contributed by atoms with Crippen molar-refractivity contribution >= 4 is 10.8 Å². The average Bonchev–Trinajstić information content (AvgIpc) is 2.43. The first-order chi connectivity index (χ1) is 9.79. The van der Waals surface area contributed by atoms with Crippen LogP contribution in [-0.4, -0.2) is 11.3 Å². The van der Waals surface area contributed by atoms with Crippen molar-refractivity contribution < 1.29 is 18.3 Å². The van der Waals surface area contributed by atoms with Gasteiger partial charge < -0.3 is 5.11 Å². The summed E-state index contributed by atoms with van der Waals surface area (Å²) in [5.41, 5.74) is -2.07. The highest BCUT2D eigenvalue weighted by atomic mass is 19.4. The molecule has 0 fully saturated rings. The van der Waals surface area contributed by atoms with Gasteiger partial charge in [-0.3, -0.25) is 0 Å². The Morgan fingerprint density at radius 2 is 1.67 bits per heavy atom. The zero-order valence-corrected chi connectivity index (χ0v) is 12.2. The molecular weight excluding hydrogens is 277 g/mol. The summed E-state index contributed by atoms with van der Waals surface area (Å²) in [6, 6.07) is 10.2. The molecule has 4 heteroatoms. The molecule has 0 bridgehead atoms. The number of unbranched alkanes of at least 4 members (excludes halogenated alkanes) is 1. The van der Waals surface area contributed by atoms with Crippen LogP contribution in [0, 0.1) is 0 Å². The maximum Gasteiger partial charge on any atom is 0.421 e. The van der Waals surface area contributed by atoms with Gasteiger partial charge in [0.2, 0.25) is 0 Å². The van der Waals surface area contributed by atoms with Gasteiger partial charge in [-0.25, -0.2) is 0 Å². The third kappa shape index (κ3) is 2.91.